The van der Waals surface area contributed by atoms with E-state index in [1.807, 2.05) is 10.8 Å². The fourth-order valence-corrected chi connectivity index (χ4v) is 2.22. The predicted molar refractivity (Wildman–Crippen MR) is 66.4 cm³/mol. The van der Waals surface area contributed by atoms with E-state index in [-0.39, 0.29) is 11.5 Å². The lowest BCUT2D eigenvalue weighted by Gasteiger charge is -2.05. The summed E-state index contributed by atoms with van der Waals surface area (Å²) in [5, 5.41) is 6.35. The third-order valence-electron chi connectivity index (χ3n) is 1.95. The summed E-state index contributed by atoms with van der Waals surface area (Å²) in [6, 6.07) is 5.80. The van der Waals surface area contributed by atoms with E-state index in [1.54, 1.807) is 6.07 Å². The molecule has 2 nitrogen and oxygen atoms in total. The van der Waals surface area contributed by atoms with Crippen LogP contribution in [0.3, 0.4) is 0 Å². The first-order valence-corrected chi connectivity index (χ1v) is 6.19. The number of hydrogen-bond donors (Lipinski definition) is 1. The monoisotopic (exact) mass is 299 g/mol. The van der Waals surface area contributed by atoms with Gasteiger partial charge in [-0.1, -0.05) is 0 Å². The molecule has 0 bridgehead atoms. The Labute approximate surface area is 104 Å². The van der Waals surface area contributed by atoms with Crippen molar-refractivity contribution in [1.82, 2.24) is 0 Å². The minimum Gasteiger partial charge on any atom is -0.321 e. The smallest absolute Gasteiger partial charge is 0.256 e. The van der Waals surface area contributed by atoms with Gasteiger partial charge in [0.25, 0.3) is 5.91 Å². The lowest BCUT2D eigenvalue weighted by Crippen LogP contribution is -2.12. The molecule has 0 aliphatic rings. The van der Waals surface area contributed by atoms with Crippen molar-refractivity contribution in [2.75, 3.05) is 5.32 Å². The van der Waals surface area contributed by atoms with Gasteiger partial charge in [-0.2, -0.15) is 11.3 Å². The van der Waals surface area contributed by atoms with E-state index in [2.05, 4.69) is 21.2 Å². The zero-order valence-corrected chi connectivity index (χ0v) is 10.4. The molecule has 1 N–H and O–H groups in total. The summed E-state index contributed by atoms with van der Waals surface area (Å²) in [7, 11) is 0. The number of benzene rings is 1. The highest BCUT2D eigenvalue weighted by Gasteiger charge is 2.11. The highest BCUT2D eigenvalue weighted by atomic mass is 79.9. The summed E-state index contributed by atoms with van der Waals surface area (Å²) in [6.07, 6.45) is 0. The molecular formula is C11H7BrFNOS. The van der Waals surface area contributed by atoms with Crippen LogP contribution in [0.25, 0.3) is 0 Å². The van der Waals surface area contributed by atoms with E-state index < -0.39 is 5.82 Å². The minimum absolute atomic E-state index is 0.284. The summed E-state index contributed by atoms with van der Waals surface area (Å²) >= 11 is 4.69. The molecule has 2 rings (SSSR count). The Morgan fingerprint density at radius 3 is 2.88 bits per heavy atom. The maximum Gasteiger partial charge on any atom is 0.256 e. The average molecular weight is 300 g/mol. The molecule has 1 aromatic heterocycles. The molecule has 0 aliphatic heterocycles. The molecule has 82 valence electrons. The Bertz CT molecular complexity index is 513. The number of thiophene rings is 1. The van der Waals surface area contributed by atoms with Gasteiger partial charge in [0.1, 0.15) is 5.82 Å². The molecule has 1 heterocycles. The van der Waals surface area contributed by atoms with Gasteiger partial charge < -0.3 is 5.32 Å². The van der Waals surface area contributed by atoms with Crippen molar-refractivity contribution in [2.45, 2.75) is 0 Å². The number of amides is 1. The molecule has 0 unspecified atom stereocenters. The van der Waals surface area contributed by atoms with Gasteiger partial charge >= 0.3 is 0 Å². The quantitative estimate of drug-likeness (QED) is 0.895. The molecule has 0 saturated heterocycles. The fourth-order valence-electron chi connectivity index (χ4n) is 1.21. The van der Waals surface area contributed by atoms with Gasteiger partial charge in [-0.15, -0.1) is 0 Å². The molecule has 0 saturated carbocycles. The lowest BCUT2D eigenvalue weighted by atomic mass is 10.2. The topological polar surface area (TPSA) is 29.1 Å². The fraction of sp³-hybridized carbons (Fsp3) is 0. The molecular weight excluding hydrogens is 293 g/mol. The molecule has 16 heavy (non-hydrogen) atoms. The van der Waals surface area contributed by atoms with Crippen LogP contribution in [0.1, 0.15) is 10.4 Å². The van der Waals surface area contributed by atoms with Gasteiger partial charge in [-0.25, -0.2) is 4.39 Å². The lowest BCUT2D eigenvalue weighted by molar-refractivity contribution is 0.102. The van der Waals surface area contributed by atoms with Crippen molar-refractivity contribution in [3.8, 4) is 0 Å². The molecule has 1 aromatic carbocycles. The van der Waals surface area contributed by atoms with E-state index in [0.29, 0.717) is 10.2 Å². The first-order chi connectivity index (χ1) is 7.66. The van der Waals surface area contributed by atoms with Crippen LogP contribution in [-0.2, 0) is 0 Å². The van der Waals surface area contributed by atoms with E-state index in [0.717, 1.165) is 0 Å². The second-order valence-corrected chi connectivity index (χ2v) is 4.72. The normalized spacial score (nSPS) is 10.1. The van der Waals surface area contributed by atoms with Crippen molar-refractivity contribution in [3.05, 3.63) is 50.9 Å². The average Bonchev–Trinajstić information content (AvgIpc) is 2.74. The molecule has 0 radical (unpaired) electrons. The first-order valence-electron chi connectivity index (χ1n) is 4.45. The molecule has 0 spiro atoms. The molecule has 0 atom stereocenters. The summed E-state index contributed by atoms with van der Waals surface area (Å²) in [5.41, 5.74) is 0.998. The Balaban J connectivity index is 2.24. The van der Waals surface area contributed by atoms with Crippen molar-refractivity contribution >= 4 is 38.9 Å². The number of nitrogens with one attached hydrogen (secondary N) is 1. The molecule has 2 aromatic rings. The zero-order chi connectivity index (χ0) is 11.5. The van der Waals surface area contributed by atoms with Crippen molar-refractivity contribution in [3.63, 3.8) is 0 Å². The molecule has 0 fully saturated rings. The van der Waals surface area contributed by atoms with Crippen LogP contribution in [0, 0.1) is 5.82 Å². The van der Waals surface area contributed by atoms with Gasteiger partial charge in [-0.05, 0) is 45.6 Å². The summed E-state index contributed by atoms with van der Waals surface area (Å²) in [6.45, 7) is 0. The van der Waals surface area contributed by atoms with Gasteiger partial charge in [0, 0.05) is 9.85 Å². The Morgan fingerprint density at radius 1 is 1.38 bits per heavy atom. The van der Waals surface area contributed by atoms with Crippen LogP contribution >= 0.6 is 27.3 Å². The van der Waals surface area contributed by atoms with Crippen LogP contribution in [-0.4, -0.2) is 5.91 Å². The van der Waals surface area contributed by atoms with E-state index in [9.17, 15) is 9.18 Å². The second kappa shape index (κ2) is 4.76. The molecule has 5 heteroatoms. The van der Waals surface area contributed by atoms with Crippen LogP contribution in [0.4, 0.5) is 10.1 Å². The highest BCUT2D eigenvalue weighted by molar-refractivity contribution is 9.10. The summed E-state index contributed by atoms with van der Waals surface area (Å²) in [5.74, 6) is -0.761. The number of halogens is 2. The van der Waals surface area contributed by atoms with Crippen LogP contribution in [0.2, 0.25) is 0 Å². The largest absolute Gasteiger partial charge is 0.321 e. The Hall–Kier alpha value is -1.20. The highest BCUT2D eigenvalue weighted by Crippen LogP contribution is 2.20. The number of anilines is 1. The van der Waals surface area contributed by atoms with Crippen molar-refractivity contribution in [2.24, 2.45) is 0 Å². The molecule has 1 amide bonds. The molecule has 0 aliphatic carbocycles. The Kier molecular flexibility index (Phi) is 3.36. The SMILES string of the molecule is O=C(Nc1ccsc1)c1cc(F)ccc1Br. The van der Waals surface area contributed by atoms with Gasteiger partial charge in [0.2, 0.25) is 0 Å². The van der Waals surface area contributed by atoms with Crippen LogP contribution in [0.5, 0.6) is 0 Å². The van der Waals surface area contributed by atoms with Crippen molar-refractivity contribution < 1.29 is 9.18 Å². The van der Waals surface area contributed by atoms with Crippen LogP contribution < -0.4 is 5.32 Å². The summed E-state index contributed by atoms with van der Waals surface area (Å²) in [4.78, 5) is 11.8. The van der Waals surface area contributed by atoms with E-state index in [4.69, 9.17) is 0 Å². The van der Waals surface area contributed by atoms with Gasteiger partial charge in [-0.3, -0.25) is 4.79 Å². The zero-order valence-electron chi connectivity index (χ0n) is 8.04. The van der Waals surface area contributed by atoms with Gasteiger partial charge in [0.05, 0.1) is 11.3 Å². The number of rotatable bonds is 2. The third-order valence-corrected chi connectivity index (χ3v) is 3.33. The van der Waals surface area contributed by atoms with Gasteiger partial charge in [0.15, 0.2) is 0 Å². The number of carbonyl (C=O) groups is 1. The predicted octanol–water partition coefficient (Wildman–Crippen LogP) is 3.90. The summed E-state index contributed by atoms with van der Waals surface area (Å²) < 4.78 is 13.6. The second-order valence-electron chi connectivity index (χ2n) is 3.09. The third kappa shape index (κ3) is 2.48. The number of carbonyl (C=O) groups excluding carboxylic acids is 1. The first kappa shape index (κ1) is 11.3. The minimum atomic E-state index is -0.432. The maximum absolute atomic E-state index is 13.0. The number of hydrogen-bond acceptors (Lipinski definition) is 2. The van der Waals surface area contributed by atoms with E-state index >= 15 is 0 Å². The Morgan fingerprint density at radius 2 is 2.19 bits per heavy atom. The standard InChI is InChI=1S/C11H7BrFNOS/c12-10-2-1-7(13)5-9(10)11(15)14-8-3-4-16-6-8/h1-6H,(H,14,15). The van der Waals surface area contributed by atoms with E-state index in [1.165, 1.54) is 29.5 Å². The van der Waals surface area contributed by atoms with Crippen LogP contribution in [0.15, 0.2) is 39.5 Å². The maximum atomic E-state index is 13.0. The van der Waals surface area contributed by atoms with Crippen molar-refractivity contribution in [1.29, 1.82) is 0 Å².